The molecular weight excluding hydrogens is 291 g/mol. The van der Waals surface area contributed by atoms with Crippen molar-refractivity contribution in [3.63, 3.8) is 0 Å². The van der Waals surface area contributed by atoms with Crippen molar-refractivity contribution in [2.75, 3.05) is 20.3 Å². The summed E-state index contributed by atoms with van der Waals surface area (Å²) in [4.78, 5) is 5.19. The van der Waals surface area contributed by atoms with Crippen LogP contribution in [0.2, 0.25) is 0 Å². The van der Waals surface area contributed by atoms with Gasteiger partial charge in [-0.2, -0.15) is 0 Å². The van der Waals surface area contributed by atoms with E-state index in [1.165, 1.54) is 12.1 Å². The van der Waals surface area contributed by atoms with E-state index in [4.69, 9.17) is 9.47 Å². The number of ether oxygens (including phenoxy) is 2. The number of aromatic nitrogens is 1. The zero-order chi connectivity index (χ0) is 15.1. The quantitative estimate of drug-likeness (QED) is 0.761. The van der Waals surface area contributed by atoms with Crippen LogP contribution in [0.4, 0.5) is 4.39 Å². The van der Waals surface area contributed by atoms with E-state index in [1.807, 2.05) is 13.0 Å². The Morgan fingerprint density at radius 2 is 2.19 bits per heavy atom. The Bertz CT molecular complexity index is 575. The molecule has 0 aliphatic carbocycles. The van der Waals surface area contributed by atoms with Crippen molar-refractivity contribution in [2.45, 2.75) is 20.1 Å². The fraction of sp³-hybridized carbons (Fsp3) is 0.400. The van der Waals surface area contributed by atoms with Crippen molar-refractivity contribution in [2.24, 2.45) is 0 Å². The second-order valence-corrected chi connectivity index (χ2v) is 5.92. The van der Waals surface area contributed by atoms with Gasteiger partial charge in [-0.05, 0) is 24.6 Å². The molecule has 0 unspecified atom stereocenters. The highest BCUT2D eigenvalue weighted by Crippen LogP contribution is 2.19. The Labute approximate surface area is 127 Å². The molecule has 1 aromatic carbocycles. The van der Waals surface area contributed by atoms with Crippen LogP contribution in [-0.4, -0.2) is 25.2 Å². The standard InChI is InChI=1S/C15H19FN2O2S/c1-11-18-9-15(21-11)10-20-14-6-12(5-13(16)7-14)8-17-3-4-19-2/h5-7,9,17H,3-4,8,10H2,1-2H3. The van der Waals surface area contributed by atoms with Crippen LogP contribution in [-0.2, 0) is 17.9 Å². The number of aryl methyl sites for hydroxylation is 1. The molecular formula is C15H19FN2O2S. The molecule has 2 rings (SSSR count). The predicted octanol–water partition coefficient (Wildman–Crippen LogP) is 2.91. The molecule has 2 aromatic rings. The maximum atomic E-state index is 13.6. The SMILES string of the molecule is COCCNCc1cc(F)cc(OCc2cnc(C)s2)c1. The number of methoxy groups -OCH3 is 1. The van der Waals surface area contributed by atoms with Crippen LogP contribution in [0, 0.1) is 12.7 Å². The molecule has 1 aromatic heterocycles. The van der Waals surface area contributed by atoms with Crippen molar-refractivity contribution in [1.29, 1.82) is 0 Å². The van der Waals surface area contributed by atoms with Crippen LogP contribution in [0.25, 0.3) is 0 Å². The molecule has 4 nitrogen and oxygen atoms in total. The van der Waals surface area contributed by atoms with Gasteiger partial charge in [-0.15, -0.1) is 11.3 Å². The van der Waals surface area contributed by atoms with Crippen molar-refractivity contribution >= 4 is 11.3 Å². The van der Waals surface area contributed by atoms with E-state index < -0.39 is 0 Å². The lowest BCUT2D eigenvalue weighted by molar-refractivity contribution is 0.199. The smallest absolute Gasteiger partial charge is 0.127 e. The van der Waals surface area contributed by atoms with Crippen molar-refractivity contribution in [1.82, 2.24) is 10.3 Å². The van der Waals surface area contributed by atoms with Gasteiger partial charge in [0.1, 0.15) is 18.2 Å². The minimum atomic E-state index is -0.295. The molecule has 0 fully saturated rings. The largest absolute Gasteiger partial charge is 0.488 e. The lowest BCUT2D eigenvalue weighted by atomic mass is 10.2. The molecule has 0 saturated carbocycles. The Kier molecular flexibility index (Phi) is 6.10. The fourth-order valence-electron chi connectivity index (χ4n) is 1.84. The highest BCUT2D eigenvalue weighted by Gasteiger charge is 2.04. The van der Waals surface area contributed by atoms with Gasteiger partial charge in [0.25, 0.3) is 0 Å². The van der Waals surface area contributed by atoms with E-state index in [1.54, 1.807) is 24.6 Å². The van der Waals surface area contributed by atoms with Gasteiger partial charge in [0, 0.05) is 32.5 Å². The summed E-state index contributed by atoms with van der Waals surface area (Å²) in [5.41, 5.74) is 0.849. The van der Waals surface area contributed by atoms with Crippen LogP contribution in [0.3, 0.4) is 0 Å². The number of nitrogens with zero attached hydrogens (tertiary/aromatic N) is 1. The van der Waals surface area contributed by atoms with Crippen LogP contribution >= 0.6 is 11.3 Å². The summed E-state index contributed by atoms with van der Waals surface area (Å²) < 4.78 is 24.2. The number of nitrogens with one attached hydrogen (secondary N) is 1. The van der Waals surface area contributed by atoms with Crippen LogP contribution < -0.4 is 10.1 Å². The van der Waals surface area contributed by atoms with Gasteiger partial charge in [0.05, 0.1) is 16.5 Å². The average Bonchev–Trinajstić information content (AvgIpc) is 2.87. The highest BCUT2D eigenvalue weighted by molar-refractivity contribution is 7.11. The highest BCUT2D eigenvalue weighted by atomic mass is 32.1. The number of hydrogen-bond acceptors (Lipinski definition) is 5. The monoisotopic (exact) mass is 310 g/mol. The van der Waals surface area contributed by atoms with Crippen molar-refractivity contribution < 1.29 is 13.9 Å². The Balaban J connectivity index is 1.91. The first-order valence-electron chi connectivity index (χ1n) is 6.70. The fourth-order valence-corrected chi connectivity index (χ4v) is 2.55. The molecule has 0 radical (unpaired) electrons. The second kappa shape index (κ2) is 8.07. The van der Waals surface area contributed by atoms with E-state index in [0.29, 0.717) is 25.5 Å². The molecule has 6 heteroatoms. The van der Waals surface area contributed by atoms with Crippen LogP contribution in [0.1, 0.15) is 15.4 Å². The van der Waals surface area contributed by atoms with Crippen molar-refractivity contribution in [3.05, 3.63) is 45.7 Å². The minimum Gasteiger partial charge on any atom is -0.488 e. The average molecular weight is 310 g/mol. The third-order valence-electron chi connectivity index (χ3n) is 2.79. The summed E-state index contributed by atoms with van der Waals surface area (Å²) in [5.74, 6) is 0.237. The normalized spacial score (nSPS) is 10.8. The van der Waals surface area contributed by atoms with Crippen LogP contribution in [0.15, 0.2) is 24.4 Å². The lowest BCUT2D eigenvalue weighted by Crippen LogP contribution is -2.18. The van der Waals surface area contributed by atoms with E-state index in [-0.39, 0.29) is 5.82 Å². The van der Waals surface area contributed by atoms with E-state index in [9.17, 15) is 4.39 Å². The predicted molar refractivity (Wildman–Crippen MR) is 81.2 cm³/mol. The van der Waals surface area contributed by atoms with Crippen molar-refractivity contribution in [3.8, 4) is 5.75 Å². The first-order valence-corrected chi connectivity index (χ1v) is 7.52. The van der Waals surface area contributed by atoms with E-state index in [0.717, 1.165) is 22.0 Å². The van der Waals surface area contributed by atoms with Gasteiger partial charge >= 0.3 is 0 Å². The zero-order valence-electron chi connectivity index (χ0n) is 12.2. The minimum absolute atomic E-state index is 0.295. The number of benzene rings is 1. The zero-order valence-corrected chi connectivity index (χ0v) is 13.0. The van der Waals surface area contributed by atoms with Gasteiger partial charge < -0.3 is 14.8 Å². The summed E-state index contributed by atoms with van der Waals surface area (Å²) in [6.45, 7) is 4.29. The van der Waals surface area contributed by atoms with Gasteiger partial charge in [0.2, 0.25) is 0 Å². The van der Waals surface area contributed by atoms with Crippen LogP contribution in [0.5, 0.6) is 5.75 Å². The maximum Gasteiger partial charge on any atom is 0.127 e. The third-order valence-corrected chi connectivity index (χ3v) is 3.68. The maximum absolute atomic E-state index is 13.6. The molecule has 0 bridgehead atoms. The third kappa shape index (κ3) is 5.41. The first kappa shape index (κ1) is 15.9. The molecule has 21 heavy (non-hydrogen) atoms. The summed E-state index contributed by atoms with van der Waals surface area (Å²) >= 11 is 1.58. The lowest BCUT2D eigenvalue weighted by Gasteiger charge is -2.09. The molecule has 0 spiro atoms. The Morgan fingerprint density at radius 1 is 1.33 bits per heavy atom. The molecule has 0 saturated heterocycles. The molecule has 1 N–H and O–H groups in total. The van der Waals surface area contributed by atoms with E-state index in [2.05, 4.69) is 10.3 Å². The molecule has 0 atom stereocenters. The Morgan fingerprint density at radius 3 is 2.90 bits per heavy atom. The van der Waals surface area contributed by atoms with Gasteiger partial charge in [-0.1, -0.05) is 0 Å². The second-order valence-electron chi connectivity index (χ2n) is 4.60. The topological polar surface area (TPSA) is 43.4 Å². The number of thiazole rings is 1. The number of halogens is 1. The van der Waals surface area contributed by atoms with Gasteiger partial charge in [-0.25, -0.2) is 9.37 Å². The van der Waals surface area contributed by atoms with E-state index >= 15 is 0 Å². The van der Waals surface area contributed by atoms with Gasteiger partial charge in [-0.3, -0.25) is 0 Å². The van der Waals surface area contributed by atoms with Gasteiger partial charge in [0.15, 0.2) is 0 Å². The molecule has 0 aliphatic heterocycles. The first-order chi connectivity index (χ1) is 10.2. The number of rotatable bonds is 8. The molecule has 1 heterocycles. The molecule has 114 valence electrons. The molecule has 0 aliphatic rings. The summed E-state index contributed by atoms with van der Waals surface area (Å²) in [6, 6.07) is 4.74. The Hall–Kier alpha value is -1.50. The molecule has 0 amide bonds. The summed E-state index contributed by atoms with van der Waals surface area (Å²) in [5, 5.41) is 4.18. The number of hydrogen-bond donors (Lipinski definition) is 1. The summed E-state index contributed by atoms with van der Waals surface area (Å²) in [6.07, 6.45) is 1.78. The summed E-state index contributed by atoms with van der Waals surface area (Å²) in [7, 11) is 1.65.